The molecule has 5 heteroatoms. The van der Waals surface area contributed by atoms with Crippen LogP contribution >= 0.6 is 15.9 Å². The quantitative estimate of drug-likeness (QED) is 0.903. The molecule has 0 bridgehead atoms. The molecule has 0 radical (unpaired) electrons. The van der Waals surface area contributed by atoms with Crippen LogP contribution in [0.1, 0.15) is 19.8 Å². The smallest absolute Gasteiger partial charge is 0.229 e. The van der Waals surface area contributed by atoms with Crippen LogP contribution in [0, 0.1) is 5.92 Å². The Kier molecular flexibility index (Phi) is 4.39. The molecule has 1 saturated heterocycles. The van der Waals surface area contributed by atoms with Crippen molar-refractivity contribution in [1.82, 2.24) is 9.97 Å². The van der Waals surface area contributed by atoms with Crippen molar-refractivity contribution in [3.63, 3.8) is 0 Å². The third kappa shape index (κ3) is 3.73. The van der Waals surface area contributed by atoms with Crippen LogP contribution < -0.4 is 10.2 Å². The van der Waals surface area contributed by atoms with Crippen molar-refractivity contribution in [3.05, 3.63) is 41.0 Å². The number of halogens is 1. The maximum Gasteiger partial charge on any atom is 0.229 e. The van der Waals surface area contributed by atoms with E-state index in [0.717, 1.165) is 35.0 Å². The van der Waals surface area contributed by atoms with Gasteiger partial charge in [-0.3, -0.25) is 0 Å². The SMILES string of the molecule is CC1CCCN(c2ccnc(Nc3cccc(Br)c3)n2)C1. The summed E-state index contributed by atoms with van der Waals surface area (Å²) in [5.41, 5.74) is 0.980. The van der Waals surface area contributed by atoms with E-state index in [2.05, 4.69) is 43.0 Å². The second-order valence-electron chi connectivity index (χ2n) is 5.57. The van der Waals surface area contributed by atoms with E-state index in [9.17, 15) is 0 Å². The fourth-order valence-electron chi connectivity index (χ4n) is 2.68. The van der Waals surface area contributed by atoms with Gasteiger partial charge in [-0.05, 0) is 43.0 Å². The summed E-state index contributed by atoms with van der Waals surface area (Å²) in [5.74, 6) is 2.38. The number of nitrogens with one attached hydrogen (secondary N) is 1. The Hall–Kier alpha value is -1.62. The third-order valence-electron chi connectivity index (χ3n) is 3.70. The molecular weight excluding hydrogens is 328 g/mol. The van der Waals surface area contributed by atoms with Crippen molar-refractivity contribution < 1.29 is 0 Å². The molecule has 1 aromatic carbocycles. The Morgan fingerprint density at radius 3 is 3.05 bits per heavy atom. The molecule has 1 aliphatic heterocycles. The number of anilines is 3. The predicted octanol–water partition coefficient (Wildman–Crippen LogP) is 4.22. The number of nitrogens with zero attached hydrogens (tertiary/aromatic N) is 3. The zero-order valence-corrected chi connectivity index (χ0v) is 13.7. The van der Waals surface area contributed by atoms with Crippen LogP contribution in [0.25, 0.3) is 0 Å². The zero-order valence-electron chi connectivity index (χ0n) is 12.1. The largest absolute Gasteiger partial charge is 0.356 e. The molecule has 1 aromatic heterocycles. The molecule has 0 aliphatic carbocycles. The highest BCUT2D eigenvalue weighted by atomic mass is 79.9. The van der Waals surface area contributed by atoms with E-state index in [1.165, 1.54) is 12.8 Å². The average Bonchev–Trinajstić information content (AvgIpc) is 2.47. The average molecular weight is 347 g/mol. The summed E-state index contributed by atoms with van der Waals surface area (Å²) < 4.78 is 1.04. The Morgan fingerprint density at radius 1 is 1.33 bits per heavy atom. The standard InChI is InChI=1S/C16H19BrN4/c1-12-4-3-9-21(11-12)15-7-8-18-16(20-15)19-14-6-2-5-13(17)10-14/h2,5-8,10,12H,3-4,9,11H2,1H3,(H,18,19,20). The first kappa shape index (κ1) is 14.3. The van der Waals surface area contributed by atoms with Crippen molar-refractivity contribution in [3.8, 4) is 0 Å². The van der Waals surface area contributed by atoms with Crippen LogP contribution in [0.4, 0.5) is 17.5 Å². The van der Waals surface area contributed by atoms with Gasteiger partial charge in [-0.25, -0.2) is 4.98 Å². The van der Waals surface area contributed by atoms with Gasteiger partial charge in [-0.2, -0.15) is 4.98 Å². The fourth-order valence-corrected chi connectivity index (χ4v) is 3.08. The van der Waals surface area contributed by atoms with Gasteiger partial charge in [0.1, 0.15) is 5.82 Å². The van der Waals surface area contributed by atoms with E-state index < -0.39 is 0 Å². The lowest BCUT2D eigenvalue weighted by atomic mass is 10.0. The highest BCUT2D eigenvalue weighted by Gasteiger charge is 2.17. The van der Waals surface area contributed by atoms with Gasteiger partial charge in [0.15, 0.2) is 0 Å². The van der Waals surface area contributed by atoms with Crippen molar-refractivity contribution in [2.75, 3.05) is 23.3 Å². The van der Waals surface area contributed by atoms with Crippen LogP contribution in [0.5, 0.6) is 0 Å². The summed E-state index contributed by atoms with van der Waals surface area (Å²) >= 11 is 3.47. The molecule has 3 rings (SSSR count). The predicted molar refractivity (Wildman–Crippen MR) is 90.1 cm³/mol. The zero-order chi connectivity index (χ0) is 14.7. The van der Waals surface area contributed by atoms with Gasteiger partial charge < -0.3 is 10.2 Å². The first-order valence-electron chi connectivity index (χ1n) is 7.31. The molecule has 0 amide bonds. The maximum atomic E-state index is 4.64. The highest BCUT2D eigenvalue weighted by Crippen LogP contribution is 2.23. The minimum atomic E-state index is 0.642. The monoisotopic (exact) mass is 346 g/mol. The topological polar surface area (TPSA) is 41.1 Å². The number of rotatable bonds is 3. The molecule has 1 N–H and O–H groups in total. The minimum Gasteiger partial charge on any atom is -0.356 e. The number of aromatic nitrogens is 2. The summed E-state index contributed by atoms with van der Waals surface area (Å²) in [6.07, 6.45) is 4.37. The van der Waals surface area contributed by atoms with Crippen LogP contribution in [0.3, 0.4) is 0 Å². The molecule has 1 fully saturated rings. The van der Waals surface area contributed by atoms with Crippen molar-refractivity contribution in [1.29, 1.82) is 0 Å². The molecule has 1 atom stereocenters. The second-order valence-corrected chi connectivity index (χ2v) is 6.48. The Balaban J connectivity index is 1.76. The van der Waals surface area contributed by atoms with E-state index in [1.807, 2.05) is 36.5 Å². The van der Waals surface area contributed by atoms with E-state index in [1.54, 1.807) is 0 Å². The molecule has 1 aliphatic rings. The molecule has 2 aromatic rings. The molecule has 4 nitrogen and oxygen atoms in total. The lowest BCUT2D eigenvalue weighted by molar-refractivity contribution is 0.444. The highest BCUT2D eigenvalue weighted by molar-refractivity contribution is 9.10. The summed E-state index contributed by atoms with van der Waals surface area (Å²) in [4.78, 5) is 11.3. The first-order chi connectivity index (χ1) is 10.2. The van der Waals surface area contributed by atoms with E-state index in [4.69, 9.17) is 0 Å². The van der Waals surface area contributed by atoms with Gasteiger partial charge in [-0.15, -0.1) is 0 Å². The van der Waals surface area contributed by atoms with Crippen LogP contribution in [0.15, 0.2) is 41.0 Å². The molecule has 21 heavy (non-hydrogen) atoms. The van der Waals surface area contributed by atoms with Gasteiger partial charge in [0.05, 0.1) is 0 Å². The summed E-state index contributed by atoms with van der Waals surface area (Å²) in [6.45, 7) is 4.46. The number of hydrogen-bond donors (Lipinski definition) is 1. The molecular formula is C16H19BrN4. The van der Waals surface area contributed by atoms with E-state index in [0.29, 0.717) is 5.95 Å². The van der Waals surface area contributed by atoms with Gasteiger partial charge in [-0.1, -0.05) is 28.9 Å². The lowest BCUT2D eigenvalue weighted by Gasteiger charge is -2.31. The summed E-state index contributed by atoms with van der Waals surface area (Å²) in [6, 6.07) is 9.99. The van der Waals surface area contributed by atoms with Gasteiger partial charge in [0.2, 0.25) is 5.95 Å². The summed E-state index contributed by atoms with van der Waals surface area (Å²) in [5, 5.41) is 3.26. The molecule has 0 spiro atoms. The van der Waals surface area contributed by atoms with Crippen LogP contribution in [0.2, 0.25) is 0 Å². The number of hydrogen-bond acceptors (Lipinski definition) is 4. The number of benzene rings is 1. The Labute approximate surface area is 133 Å². The van der Waals surface area contributed by atoms with Crippen molar-refractivity contribution in [2.45, 2.75) is 19.8 Å². The second kappa shape index (κ2) is 6.43. The maximum absolute atomic E-state index is 4.64. The van der Waals surface area contributed by atoms with Gasteiger partial charge in [0.25, 0.3) is 0 Å². The van der Waals surface area contributed by atoms with Crippen molar-refractivity contribution in [2.24, 2.45) is 5.92 Å². The fraction of sp³-hybridized carbons (Fsp3) is 0.375. The number of piperidine rings is 1. The first-order valence-corrected chi connectivity index (χ1v) is 8.10. The molecule has 0 saturated carbocycles. The normalized spacial score (nSPS) is 18.6. The minimum absolute atomic E-state index is 0.642. The van der Waals surface area contributed by atoms with Crippen LogP contribution in [-0.4, -0.2) is 23.1 Å². The Morgan fingerprint density at radius 2 is 2.24 bits per heavy atom. The molecule has 110 valence electrons. The van der Waals surface area contributed by atoms with Crippen LogP contribution in [-0.2, 0) is 0 Å². The Bertz CT molecular complexity index is 617. The van der Waals surface area contributed by atoms with Gasteiger partial charge >= 0.3 is 0 Å². The molecule has 2 heterocycles. The lowest BCUT2D eigenvalue weighted by Crippen LogP contribution is -2.34. The summed E-state index contributed by atoms with van der Waals surface area (Å²) in [7, 11) is 0. The molecule has 1 unspecified atom stereocenters. The van der Waals surface area contributed by atoms with E-state index >= 15 is 0 Å². The van der Waals surface area contributed by atoms with E-state index in [-0.39, 0.29) is 0 Å². The van der Waals surface area contributed by atoms with Crippen molar-refractivity contribution >= 4 is 33.4 Å². The third-order valence-corrected chi connectivity index (χ3v) is 4.20. The van der Waals surface area contributed by atoms with Gasteiger partial charge in [0, 0.05) is 29.4 Å².